The van der Waals surface area contributed by atoms with Crippen LogP contribution < -0.4 is 13.8 Å². The molecular weight excluding hydrogens is 323 g/mol. The number of aromatic nitrogens is 1. The van der Waals surface area contributed by atoms with Gasteiger partial charge in [0.2, 0.25) is 0 Å². The third-order valence-corrected chi connectivity index (χ3v) is 5.15. The van der Waals surface area contributed by atoms with Crippen molar-refractivity contribution in [3.8, 4) is 11.5 Å². The quantitative estimate of drug-likeness (QED) is 0.808. The van der Waals surface area contributed by atoms with Crippen LogP contribution in [0.5, 0.6) is 11.5 Å². The lowest BCUT2D eigenvalue weighted by Crippen LogP contribution is -2.31. The van der Waals surface area contributed by atoms with Gasteiger partial charge in [-0.2, -0.15) is 0 Å². The number of halogens is 1. The fraction of sp³-hybridized carbons (Fsp3) is 0.267. The van der Waals surface area contributed by atoms with Crippen LogP contribution in [0.1, 0.15) is 6.92 Å². The normalized spacial score (nSPS) is 11.1. The van der Waals surface area contributed by atoms with E-state index in [9.17, 15) is 12.8 Å². The third kappa shape index (κ3) is 3.21. The van der Waals surface area contributed by atoms with Crippen molar-refractivity contribution >= 4 is 15.7 Å². The number of rotatable bonds is 6. The molecular formula is C15H17FN2O4S. The first-order valence-electron chi connectivity index (χ1n) is 6.80. The molecule has 1 aromatic heterocycles. The maximum Gasteiger partial charge on any atom is 0.267 e. The monoisotopic (exact) mass is 340 g/mol. The van der Waals surface area contributed by atoms with Crippen molar-refractivity contribution in [2.24, 2.45) is 0 Å². The molecule has 0 spiro atoms. The molecule has 0 aliphatic rings. The molecule has 0 N–H and O–H groups in total. The molecule has 0 aliphatic carbocycles. The van der Waals surface area contributed by atoms with Crippen LogP contribution in [0.2, 0.25) is 0 Å². The van der Waals surface area contributed by atoms with Crippen LogP contribution in [0, 0.1) is 5.82 Å². The van der Waals surface area contributed by atoms with Gasteiger partial charge in [0.1, 0.15) is 10.7 Å². The van der Waals surface area contributed by atoms with Crippen LogP contribution in [0.25, 0.3) is 0 Å². The Labute approximate surface area is 134 Å². The molecule has 0 unspecified atom stereocenters. The second-order valence-corrected chi connectivity index (χ2v) is 6.35. The highest BCUT2D eigenvalue weighted by Crippen LogP contribution is 2.34. The van der Waals surface area contributed by atoms with Gasteiger partial charge in [-0.25, -0.2) is 12.8 Å². The summed E-state index contributed by atoms with van der Waals surface area (Å²) < 4.78 is 51.0. The van der Waals surface area contributed by atoms with Crippen molar-refractivity contribution in [3.63, 3.8) is 0 Å². The van der Waals surface area contributed by atoms with E-state index in [0.29, 0.717) is 5.69 Å². The Hall–Kier alpha value is -2.35. The van der Waals surface area contributed by atoms with Gasteiger partial charge < -0.3 is 9.47 Å². The first kappa shape index (κ1) is 17.0. The Morgan fingerprint density at radius 3 is 2.39 bits per heavy atom. The Morgan fingerprint density at radius 1 is 1.22 bits per heavy atom. The van der Waals surface area contributed by atoms with Gasteiger partial charge in [-0.3, -0.25) is 9.29 Å². The lowest BCUT2D eigenvalue weighted by Gasteiger charge is -2.23. The van der Waals surface area contributed by atoms with Crippen molar-refractivity contribution in [2.75, 3.05) is 25.1 Å². The van der Waals surface area contributed by atoms with E-state index in [-0.39, 0.29) is 18.0 Å². The Bertz CT molecular complexity index is 782. The number of nitrogens with zero attached hydrogens (tertiary/aromatic N) is 2. The summed E-state index contributed by atoms with van der Waals surface area (Å²) in [5, 5.41) is 0. The summed E-state index contributed by atoms with van der Waals surface area (Å²) in [5.41, 5.74) is 0.351. The Kier molecular flexibility index (Phi) is 5.05. The smallest absolute Gasteiger partial charge is 0.267 e. The zero-order valence-corrected chi connectivity index (χ0v) is 13.8. The van der Waals surface area contributed by atoms with Gasteiger partial charge in [0.05, 0.1) is 26.1 Å². The number of anilines is 1. The van der Waals surface area contributed by atoms with E-state index in [4.69, 9.17) is 9.47 Å². The summed E-state index contributed by atoms with van der Waals surface area (Å²) >= 11 is 0. The van der Waals surface area contributed by atoms with Crippen LogP contribution >= 0.6 is 0 Å². The first-order valence-corrected chi connectivity index (χ1v) is 8.24. The first-order chi connectivity index (χ1) is 11.0. The minimum atomic E-state index is -4.11. The molecule has 0 saturated carbocycles. The van der Waals surface area contributed by atoms with Gasteiger partial charge >= 0.3 is 0 Å². The Morgan fingerprint density at radius 2 is 1.87 bits per heavy atom. The molecule has 2 rings (SSSR count). The zero-order valence-electron chi connectivity index (χ0n) is 13.0. The summed E-state index contributed by atoms with van der Waals surface area (Å²) in [4.78, 5) is 3.41. The van der Waals surface area contributed by atoms with E-state index in [0.717, 1.165) is 16.4 Å². The predicted molar refractivity (Wildman–Crippen MR) is 83.9 cm³/mol. The minimum absolute atomic E-state index is 0.119. The third-order valence-electron chi connectivity index (χ3n) is 3.23. The van der Waals surface area contributed by atoms with E-state index in [1.54, 1.807) is 19.1 Å². The SMILES string of the molecule is CCN(c1cccnc1)S(=O)(=O)c1cc(OC)c(OC)cc1F. The van der Waals surface area contributed by atoms with Crippen molar-refractivity contribution < 1.29 is 22.3 Å². The van der Waals surface area contributed by atoms with E-state index >= 15 is 0 Å². The lowest BCUT2D eigenvalue weighted by atomic mass is 10.3. The maximum atomic E-state index is 14.3. The van der Waals surface area contributed by atoms with Crippen molar-refractivity contribution in [1.82, 2.24) is 4.98 Å². The second-order valence-electron chi connectivity index (χ2n) is 4.52. The van der Waals surface area contributed by atoms with Crippen LogP contribution in [-0.2, 0) is 10.0 Å². The molecule has 0 fully saturated rings. The molecule has 2 aromatic rings. The number of sulfonamides is 1. The molecule has 124 valence electrons. The molecule has 0 radical (unpaired) electrons. The predicted octanol–water partition coefficient (Wildman–Crippen LogP) is 2.45. The van der Waals surface area contributed by atoms with Crippen LogP contribution in [0.3, 0.4) is 0 Å². The average molecular weight is 340 g/mol. The van der Waals surface area contributed by atoms with Gasteiger partial charge in [0.25, 0.3) is 10.0 Å². The highest BCUT2D eigenvalue weighted by molar-refractivity contribution is 7.92. The summed E-state index contributed by atoms with van der Waals surface area (Å²) in [6, 6.07) is 5.30. The number of methoxy groups -OCH3 is 2. The summed E-state index contributed by atoms with van der Waals surface area (Å²) in [6.07, 6.45) is 2.93. The van der Waals surface area contributed by atoms with Crippen LogP contribution in [0.15, 0.2) is 41.6 Å². The summed E-state index contributed by atoms with van der Waals surface area (Å²) in [7, 11) is -1.41. The van der Waals surface area contributed by atoms with Gasteiger partial charge in [0.15, 0.2) is 11.5 Å². The van der Waals surface area contributed by atoms with Gasteiger partial charge in [-0.15, -0.1) is 0 Å². The van der Waals surface area contributed by atoms with Crippen molar-refractivity contribution in [3.05, 3.63) is 42.5 Å². The molecule has 0 bridgehead atoms. The fourth-order valence-corrected chi connectivity index (χ4v) is 3.67. The zero-order chi connectivity index (χ0) is 17.0. The number of hydrogen-bond donors (Lipinski definition) is 0. The van der Waals surface area contributed by atoms with Crippen molar-refractivity contribution in [2.45, 2.75) is 11.8 Å². The van der Waals surface area contributed by atoms with Gasteiger partial charge in [-0.1, -0.05) is 0 Å². The standard InChI is InChI=1S/C15H17FN2O4S/c1-4-18(11-6-5-7-17-10-11)23(19,20)15-9-14(22-3)13(21-2)8-12(15)16/h5-10H,4H2,1-3H3. The fourth-order valence-electron chi connectivity index (χ4n) is 2.14. The molecule has 23 heavy (non-hydrogen) atoms. The number of benzene rings is 1. The van der Waals surface area contributed by atoms with Crippen molar-refractivity contribution in [1.29, 1.82) is 0 Å². The Balaban J connectivity index is 2.59. The highest BCUT2D eigenvalue weighted by Gasteiger charge is 2.29. The minimum Gasteiger partial charge on any atom is -0.493 e. The van der Waals surface area contributed by atoms with E-state index in [1.807, 2.05) is 0 Å². The molecule has 0 amide bonds. The molecule has 1 aromatic carbocycles. The molecule has 6 nitrogen and oxygen atoms in total. The number of ether oxygens (including phenoxy) is 2. The molecule has 1 heterocycles. The lowest BCUT2D eigenvalue weighted by molar-refractivity contribution is 0.350. The van der Waals surface area contributed by atoms with E-state index < -0.39 is 20.7 Å². The molecule has 8 heteroatoms. The summed E-state index contributed by atoms with van der Waals surface area (Å²) in [6.45, 7) is 1.78. The maximum absolute atomic E-state index is 14.3. The topological polar surface area (TPSA) is 68.7 Å². The number of hydrogen-bond acceptors (Lipinski definition) is 5. The average Bonchev–Trinajstić information content (AvgIpc) is 2.55. The molecule has 0 saturated heterocycles. The molecule has 0 aliphatic heterocycles. The van der Waals surface area contributed by atoms with Gasteiger partial charge in [-0.05, 0) is 19.1 Å². The summed E-state index contributed by atoms with van der Waals surface area (Å²) in [5.74, 6) is -0.659. The highest BCUT2D eigenvalue weighted by atomic mass is 32.2. The van der Waals surface area contributed by atoms with Gasteiger partial charge in [0, 0.05) is 24.9 Å². The van der Waals surface area contributed by atoms with E-state index in [2.05, 4.69) is 4.98 Å². The van der Waals surface area contributed by atoms with Crippen LogP contribution in [-0.4, -0.2) is 34.2 Å². The molecule has 0 atom stereocenters. The van der Waals surface area contributed by atoms with E-state index in [1.165, 1.54) is 26.6 Å². The largest absolute Gasteiger partial charge is 0.493 e. The number of pyridine rings is 1. The van der Waals surface area contributed by atoms with Crippen LogP contribution in [0.4, 0.5) is 10.1 Å². The second kappa shape index (κ2) is 6.82.